The molecule has 4 heteroatoms. The summed E-state index contributed by atoms with van der Waals surface area (Å²) in [4.78, 5) is 4.83. The molecule has 2 heterocycles. The fourth-order valence-electron chi connectivity index (χ4n) is 12.5. The van der Waals surface area contributed by atoms with Crippen molar-refractivity contribution < 1.29 is 8.83 Å². The first-order valence-electron chi connectivity index (χ1n) is 27.3. The molecule has 0 fully saturated rings. The fourth-order valence-corrected chi connectivity index (χ4v) is 12.5. The summed E-state index contributed by atoms with van der Waals surface area (Å²) in [6.45, 7) is 0. The molecule has 0 saturated heterocycles. The second-order valence-electron chi connectivity index (χ2n) is 20.8. The molecule has 0 aliphatic heterocycles. The molecule has 2 aromatic heterocycles. The Kier molecular flexibility index (Phi) is 10.5. The predicted molar refractivity (Wildman–Crippen MR) is 336 cm³/mol. The highest BCUT2D eigenvalue weighted by atomic mass is 16.3. The van der Waals surface area contributed by atoms with Crippen molar-refractivity contribution in [3.05, 3.63) is 291 Å². The Morgan fingerprint density at radius 2 is 0.537 bits per heavy atom. The van der Waals surface area contributed by atoms with Crippen molar-refractivity contribution in [1.29, 1.82) is 0 Å². The van der Waals surface area contributed by atoms with Crippen molar-refractivity contribution in [3.63, 3.8) is 0 Å². The first-order valence-corrected chi connectivity index (χ1v) is 27.3. The molecule has 0 bridgehead atoms. The van der Waals surface area contributed by atoms with E-state index in [-0.39, 0.29) is 0 Å². The van der Waals surface area contributed by atoms with E-state index < -0.39 is 0 Å². The van der Waals surface area contributed by atoms with Gasteiger partial charge in [0.15, 0.2) is 0 Å². The molecule has 0 N–H and O–H groups in total. The maximum Gasteiger partial charge on any atom is 0.143 e. The maximum absolute atomic E-state index is 7.02. The molecular formula is C76H48N2O2. The van der Waals surface area contributed by atoms with Crippen molar-refractivity contribution >= 4 is 110 Å². The van der Waals surface area contributed by atoms with E-state index in [0.29, 0.717) is 0 Å². The summed E-state index contributed by atoms with van der Waals surface area (Å²) in [5.74, 6) is 1.71. The minimum Gasteiger partial charge on any atom is -0.455 e. The van der Waals surface area contributed by atoms with Gasteiger partial charge < -0.3 is 18.6 Å². The predicted octanol–water partition coefficient (Wildman–Crippen LogP) is 22.0. The quantitative estimate of drug-likeness (QED) is 0.128. The van der Waals surface area contributed by atoms with Crippen LogP contribution in [-0.2, 0) is 0 Å². The second kappa shape index (κ2) is 18.5. The summed E-state index contributed by atoms with van der Waals surface area (Å²) in [6, 6.07) is 105. The van der Waals surface area contributed by atoms with Gasteiger partial charge in [0.2, 0.25) is 0 Å². The van der Waals surface area contributed by atoms with Gasteiger partial charge in [-0.2, -0.15) is 0 Å². The first-order chi connectivity index (χ1) is 39.7. The van der Waals surface area contributed by atoms with Gasteiger partial charge in [0, 0.05) is 78.7 Å². The fraction of sp³-hybridized carbons (Fsp3) is 0. The van der Waals surface area contributed by atoms with E-state index in [1.165, 1.54) is 43.1 Å². The molecule has 0 aliphatic rings. The Bertz CT molecular complexity index is 4690. The summed E-state index contributed by atoms with van der Waals surface area (Å²) in [7, 11) is 0. The minimum absolute atomic E-state index is 0.822. The van der Waals surface area contributed by atoms with Crippen molar-refractivity contribution in [3.8, 4) is 44.9 Å². The van der Waals surface area contributed by atoms with E-state index >= 15 is 0 Å². The van der Waals surface area contributed by atoms with Crippen LogP contribution in [-0.4, -0.2) is 0 Å². The second-order valence-corrected chi connectivity index (χ2v) is 20.8. The zero-order valence-electron chi connectivity index (χ0n) is 43.4. The highest BCUT2D eigenvalue weighted by Crippen LogP contribution is 2.51. The van der Waals surface area contributed by atoms with E-state index in [0.717, 1.165) is 112 Å². The zero-order valence-corrected chi connectivity index (χ0v) is 43.4. The van der Waals surface area contributed by atoms with E-state index in [4.69, 9.17) is 8.83 Å². The monoisotopic (exact) mass is 1020 g/mol. The molecule has 0 spiro atoms. The lowest BCUT2D eigenvalue weighted by Gasteiger charge is -2.29. The molecule has 80 heavy (non-hydrogen) atoms. The highest BCUT2D eigenvalue weighted by molar-refractivity contribution is 6.28. The van der Waals surface area contributed by atoms with Crippen molar-refractivity contribution in [2.24, 2.45) is 0 Å². The van der Waals surface area contributed by atoms with E-state index in [1.807, 2.05) is 0 Å². The number of rotatable bonds is 10. The summed E-state index contributed by atoms with van der Waals surface area (Å²) in [6.07, 6.45) is 0. The third kappa shape index (κ3) is 7.45. The van der Waals surface area contributed by atoms with Gasteiger partial charge in [0.25, 0.3) is 0 Å². The van der Waals surface area contributed by atoms with E-state index in [1.54, 1.807) is 0 Å². The van der Waals surface area contributed by atoms with Gasteiger partial charge in [0.05, 0.1) is 11.4 Å². The number of fused-ring (bicyclic) bond motifs is 4. The zero-order chi connectivity index (χ0) is 52.7. The normalized spacial score (nSPS) is 11.8. The van der Waals surface area contributed by atoms with Crippen LogP contribution in [0.15, 0.2) is 300 Å². The van der Waals surface area contributed by atoms with Crippen molar-refractivity contribution in [1.82, 2.24) is 0 Å². The summed E-state index contributed by atoms with van der Waals surface area (Å²) >= 11 is 0. The average molecular weight is 1020 g/mol. The maximum atomic E-state index is 7.02. The standard InChI is InChI=1S/C76H48N2O2/c1-5-19-51(20-6-1)73-65-41-37-61(47-69(65)79-75(73)55-23-9-3-10-24-55)77(59-35-29-49-17-13-15-27-57(49)45-59)67-43-33-53-32-40-64-68(44-34-54-31-39-63(67)71(53)72(54)64)78(60-36-30-50-18-14-16-28-58(50)46-60)62-38-42-66-70(48-62)80-76(56-25-11-4-12-26-56)74(66)52-21-7-2-8-22-52/h1-48H. The van der Waals surface area contributed by atoms with E-state index in [9.17, 15) is 0 Å². The summed E-state index contributed by atoms with van der Waals surface area (Å²) in [5.41, 5.74) is 14.4. The molecule has 16 aromatic rings. The molecule has 0 unspecified atom stereocenters. The lowest BCUT2D eigenvalue weighted by molar-refractivity contribution is 0.632. The van der Waals surface area contributed by atoms with Crippen LogP contribution in [0, 0.1) is 0 Å². The van der Waals surface area contributed by atoms with Gasteiger partial charge in [-0.1, -0.05) is 218 Å². The van der Waals surface area contributed by atoms with Gasteiger partial charge in [-0.25, -0.2) is 0 Å². The molecule has 0 atom stereocenters. The van der Waals surface area contributed by atoms with Crippen LogP contribution < -0.4 is 9.80 Å². The van der Waals surface area contributed by atoms with Crippen LogP contribution in [0.5, 0.6) is 0 Å². The number of hydrogen-bond donors (Lipinski definition) is 0. The van der Waals surface area contributed by atoms with Crippen LogP contribution in [0.4, 0.5) is 34.1 Å². The van der Waals surface area contributed by atoms with Crippen LogP contribution in [0.2, 0.25) is 0 Å². The van der Waals surface area contributed by atoms with Crippen LogP contribution in [0.25, 0.3) is 121 Å². The Labute approximate surface area is 462 Å². The number of furan rings is 2. The average Bonchev–Trinajstić information content (AvgIpc) is 4.18. The molecule has 0 radical (unpaired) electrons. The van der Waals surface area contributed by atoms with Gasteiger partial charge >= 0.3 is 0 Å². The van der Waals surface area contributed by atoms with Crippen LogP contribution in [0.1, 0.15) is 0 Å². The van der Waals surface area contributed by atoms with Gasteiger partial charge in [-0.3, -0.25) is 0 Å². The largest absolute Gasteiger partial charge is 0.455 e. The molecular weight excluding hydrogens is 973 g/mol. The number of hydrogen-bond acceptors (Lipinski definition) is 4. The molecule has 14 aromatic carbocycles. The van der Waals surface area contributed by atoms with E-state index in [2.05, 4.69) is 301 Å². The van der Waals surface area contributed by atoms with Gasteiger partial charge in [-0.15, -0.1) is 0 Å². The first kappa shape index (κ1) is 45.5. The molecule has 4 nitrogen and oxygen atoms in total. The molecule has 0 aliphatic carbocycles. The Morgan fingerprint density at radius 3 is 0.950 bits per heavy atom. The van der Waals surface area contributed by atoms with Gasteiger partial charge in [0.1, 0.15) is 22.7 Å². The summed E-state index contributed by atoms with van der Waals surface area (Å²) in [5, 5.41) is 13.9. The summed E-state index contributed by atoms with van der Waals surface area (Å²) < 4.78 is 14.0. The smallest absolute Gasteiger partial charge is 0.143 e. The lowest BCUT2D eigenvalue weighted by atomic mass is 9.91. The van der Waals surface area contributed by atoms with Crippen LogP contribution >= 0.6 is 0 Å². The Balaban J connectivity index is 0.912. The Morgan fingerprint density at radius 1 is 0.225 bits per heavy atom. The lowest BCUT2D eigenvalue weighted by Crippen LogP contribution is -2.11. The van der Waals surface area contributed by atoms with Crippen LogP contribution in [0.3, 0.4) is 0 Å². The van der Waals surface area contributed by atoms with Gasteiger partial charge in [-0.05, 0) is 115 Å². The number of nitrogens with zero attached hydrogens (tertiary/aromatic N) is 2. The van der Waals surface area contributed by atoms with Crippen molar-refractivity contribution in [2.45, 2.75) is 0 Å². The Hall–Kier alpha value is -10.7. The number of benzene rings is 14. The van der Waals surface area contributed by atoms with Crippen molar-refractivity contribution in [2.75, 3.05) is 9.80 Å². The molecule has 0 amide bonds. The topological polar surface area (TPSA) is 32.8 Å². The molecule has 374 valence electrons. The minimum atomic E-state index is 0.822. The third-order valence-electron chi connectivity index (χ3n) is 16.1. The SMILES string of the molecule is c1ccc(-c2oc3cc(N(c4ccc5ccccc5c4)c4ccc5ccc6c(N(c7ccc8ccccc8c7)c7ccc8c(-c9ccccc9)c(-c9ccccc9)oc8c7)ccc7ccc4c5c76)ccc3c2-c2ccccc2)cc1. The molecule has 16 rings (SSSR count). The number of anilines is 6. The highest BCUT2D eigenvalue weighted by Gasteiger charge is 2.26. The molecule has 0 saturated carbocycles. The third-order valence-corrected chi connectivity index (χ3v) is 16.1.